The molecule has 0 spiro atoms. The maximum absolute atomic E-state index is 12.0. The predicted octanol–water partition coefficient (Wildman–Crippen LogP) is -0.0991. The molecule has 0 saturated carbocycles. The molecule has 1 unspecified atom stereocenters. The Bertz CT molecular complexity index is 646. The van der Waals surface area contributed by atoms with Gasteiger partial charge in [-0.3, -0.25) is 14.1 Å². The summed E-state index contributed by atoms with van der Waals surface area (Å²) in [5.41, 5.74) is 0.369. The van der Waals surface area contributed by atoms with Gasteiger partial charge in [0.05, 0.1) is 6.54 Å². The molecule has 0 aliphatic carbocycles. The standard InChI is InChI=1S/C12H16N4O3/c1-9(11(17)18)14(2)7-8-16-12(19)15-6-4-3-5-10(15)13-16/h3-6,9H,7-8H2,1-2H3,(H,17,18). The summed E-state index contributed by atoms with van der Waals surface area (Å²) < 4.78 is 2.81. The minimum atomic E-state index is -0.884. The number of rotatable bonds is 5. The smallest absolute Gasteiger partial charge is 0.350 e. The lowest BCUT2D eigenvalue weighted by Crippen LogP contribution is -2.39. The van der Waals surface area contributed by atoms with E-state index in [1.165, 1.54) is 9.08 Å². The maximum Gasteiger partial charge on any atom is 0.350 e. The number of carbonyl (C=O) groups is 1. The van der Waals surface area contributed by atoms with Crippen LogP contribution >= 0.6 is 0 Å². The van der Waals surface area contributed by atoms with Gasteiger partial charge in [0.25, 0.3) is 0 Å². The van der Waals surface area contributed by atoms with E-state index in [-0.39, 0.29) is 5.69 Å². The summed E-state index contributed by atoms with van der Waals surface area (Å²) in [7, 11) is 1.71. The average Bonchev–Trinajstić information content (AvgIpc) is 2.72. The van der Waals surface area contributed by atoms with Crippen LogP contribution < -0.4 is 5.69 Å². The van der Waals surface area contributed by atoms with E-state index in [4.69, 9.17) is 5.11 Å². The molecule has 1 atom stereocenters. The van der Waals surface area contributed by atoms with Gasteiger partial charge in [-0.15, -0.1) is 5.10 Å². The van der Waals surface area contributed by atoms with Crippen LogP contribution in [-0.2, 0) is 11.3 Å². The van der Waals surface area contributed by atoms with E-state index >= 15 is 0 Å². The minimum absolute atomic E-state index is 0.216. The summed E-state index contributed by atoms with van der Waals surface area (Å²) in [6.07, 6.45) is 1.66. The van der Waals surface area contributed by atoms with Gasteiger partial charge in [-0.2, -0.15) is 0 Å². The van der Waals surface area contributed by atoms with E-state index in [0.717, 1.165) is 0 Å². The molecule has 0 aliphatic heterocycles. The lowest BCUT2D eigenvalue weighted by molar-refractivity contribution is -0.142. The second kappa shape index (κ2) is 5.23. The highest BCUT2D eigenvalue weighted by molar-refractivity contribution is 5.72. The van der Waals surface area contributed by atoms with E-state index in [0.29, 0.717) is 18.7 Å². The molecule has 1 N–H and O–H groups in total. The quantitative estimate of drug-likeness (QED) is 0.815. The van der Waals surface area contributed by atoms with Crippen LogP contribution in [0.5, 0.6) is 0 Å². The summed E-state index contributed by atoms with van der Waals surface area (Å²) >= 11 is 0. The van der Waals surface area contributed by atoms with Crippen LogP contribution in [0.3, 0.4) is 0 Å². The number of aliphatic carboxylic acids is 1. The first-order valence-corrected chi connectivity index (χ1v) is 5.98. The second-order valence-electron chi connectivity index (χ2n) is 4.43. The van der Waals surface area contributed by atoms with Crippen LogP contribution in [0.1, 0.15) is 6.92 Å². The molecule has 0 amide bonds. The minimum Gasteiger partial charge on any atom is -0.480 e. The molecule has 2 rings (SSSR count). The van der Waals surface area contributed by atoms with Crippen molar-refractivity contribution in [3.8, 4) is 0 Å². The third-order valence-corrected chi connectivity index (χ3v) is 3.17. The fraction of sp³-hybridized carbons (Fsp3) is 0.417. The third-order valence-electron chi connectivity index (χ3n) is 3.17. The number of aromatic nitrogens is 3. The Kier molecular flexibility index (Phi) is 3.66. The van der Waals surface area contributed by atoms with Crippen LogP contribution in [0.15, 0.2) is 29.2 Å². The van der Waals surface area contributed by atoms with Crippen molar-refractivity contribution in [1.82, 2.24) is 19.1 Å². The topological polar surface area (TPSA) is 79.8 Å². The Morgan fingerprint density at radius 2 is 2.26 bits per heavy atom. The van der Waals surface area contributed by atoms with Crippen molar-refractivity contribution in [2.24, 2.45) is 0 Å². The van der Waals surface area contributed by atoms with Gasteiger partial charge in [-0.25, -0.2) is 9.48 Å². The molecule has 0 aromatic carbocycles. The Labute approximate surface area is 109 Å². The molecule has 0 radical (unpaired) electrons. The first-order valence-electron chi connectivity index (χ1n) is 5.98. The van der Waals surface area contributed by atoms with Crippen molar-refractivity contribution < 1.29 is 9.90 Å². The Balaban J connectivity index is 2.12. The molecule has 0 fully saturated rings. The van der Waals surface area contributed by atoms with Gasteiger partial charge < -0.3 is 5.11 Å². The maximum atomic E-state index is 12.0. The summed E-state index contributed by atoms with van der Waals surface area (Å²) in [5, 5.41) is 13.1. The van der Waals surface area contributed by atoms with Gasteiger partial charge in [0.2, 0.25) is 0 Å². The zero-order valence-electron chi connectivity index (χ0n) is 10.9. The van der Waals surface area contributed by atoms with E-state index in [2.05, 4.69) is 5.10 Å². The number of likely N-dealkylation sites (N-methyl/N-ethyl adjacent to an activating group) is 1. The van der Waals surface area contributed by atoms with Gasteiger partial charge in [0.1, 0.15) is 6.04 Å². The van der Waals surface area contributed by atoms with Crippen molar-refractivity contribution in [3.05, 3.63) is 34.9 Å². The molecular weight excluding hydrogens is 248 g/mol. The summed E-state index contributed by atoms with van der Waals surface area (Å²) in [5.74, 6) is -0.884. The molecule has 7 nitrogen and oxygen atoms in total. The molecule has 2 heterocycles. The Hall–Kier alpha value is -2.15. The molecule has 19 heavy (non-hydrogen) atoms. The van der Waals surface area contributed by atoms with Crippen molar-refractivity contribution >= 4 is 11.6 Å². The number of carboxylic acids is 1. The third kappa shape index (κ3) is 2.65. The highest BCUT2D eigenvalue weighted by Crippen LogP contribution is 1.98. The lowest BCUT2D eigenvalue weighted by Gasteiger charge is -2.20. The van der Waals surface area contributed by atoms with E-state index < -0.39 is 12.0 Å². The number of fused-ring (bicyclic) bond motifs is 1. The highest BCUT2D eigenvalue weighted by atomic mass is 16.4. The average molecular weight is 264 g/mol. The number of hydrogen-bond donors (Lipinski definition) is 1. The SMILES string of the molecule is CC(C(=O)O)N(C)CCn1nc2ccccn2c1=O. The van der Waals surface area contributed by atoms with Crippen molar-refractivity contribution in [2.75, 3.05) is 13.6 Å². The molecule has 2 aromatic rings. The van der Waals surface area contributed by atoms with Crippen LogP contribution in [0.2, 0.25) is 0 Å². The molecule has 2 aromatic heterocycles. The normalized spacial score (nSPS) is 13.0. The fourth-order valence-electron chi connectivity index (χ4n) is 1.75. The van der Waals surface area contributed by atoms with Crippen LogP contribution in [0.25, 0.3) is 5.65 Å². The van der Waals surface area contributed by atoms with Crippen LogP contribution in [0, 0.1) is 0 Å². The lowest BCUT2D eigenvalue weighted by atomic mass is 10.3. The van der Waals surface area contributed by atoms with Crippen LogP contribution in [0.4, 0.5) is 0 Å². The fourth-order valence-corrected chi connectivity index (χ4v) is 1.75. The van der Waals surface area contributed by atoms with Gasteiger partial charge in [0.15, 0.2) is 5.65 Å². The molecule has 7 heteroatoms. The predicted molar refractivity (Wildman–Crippen MR) is 69.2 cm³/mol. The summed E-state index contributed by atoms with van der Waals surface area (Å²) in [6.45, 7) is 2.40. The summed E-state index contributed by atoms with van der Waals surface area (Å²) in [6, 6.07) is 4.73. The zero-order valence-corrected chi connectivity index (χ0v) is 10.9. The molecule has 0 bridgehead atoms. The largest absolute Gasteiger partial charge is 0.480 e. The molecule has 0 saturated heterocycles. The van der Waals surface area contributed by atoms with Crippen molar-refractivity contribution in [2.45, 2.75) is 19.5 Å². The van der Waals surface area contributed by atoms with Crippen molar-refractivity contribution in [3.63, 3.8) is 0 Å². The molecule has 0 aliphatic rings. The van der Waals surface area contributed by atoms with E-state index in [9.17, 15) is 9.59 Å². The van der Waals surface area contributed by atoms with Crippen molar-refractivity contribution in [1.29, 1.82) is 0 Å². The monoisotopic (exact) mass is 264 g/mol. The van der Waals surface area contributed by atoms with E-state index in [1.807, 2.05) is 6.07 Å². The number of hydrogen-bond acceptors (Lipinski definition) is 4. The summed E-state index contributed by atoms with van der Waals surface area (Å²) in [4.78, 5) is 24.5. The Morgan fingerprint density at radius 1 is 1.53 bits per heavy atom. The zero-order chi connectivity index (χ0) is 14.0. The molecular formula is C12H16N4O3. The number of carboxylic acid groups (broad SMARTS) is 1. The van der Waals surface area contributed by atoms with Crippen LogP contribution in [-0.4, -0.2) is 49.8 Å². The molecule has 102 valence electrons. The first-order chi connectivity index (χ1) is 9.00. The van der Waals surface area contributed by atoms with E-state index in [1.54, 1.807) is 37.2 Å². The highest BCUT2D eigenvalue weighted by Gasteiger charge is 2.17. The number of nitrogens with zero attached hydrogens (tertiary/aromatic N) is 4. The van der Waals surface area contributed by atoms with Gasteiger partial charge in [-0.1, -0.05) is 6.07 Å². The van der Waals surface area contributed by atoms with Gasteiger partial charge >= 0.3 is 11.7 Å². The second-order valence-corrected chi connectivity index (χ2v) is 4.43. The first kappa shape index (κ1) is 13.3. The Morgan fingerprint density at radius 3 is 2.89 bits per heavy atom. The number of pyridine rings is 1. The van der Waals surface area contributed by atoms with Gasteiger partial charge in [-0.05, 0) is 26.1 Å². The van der Waals surface area contributed by atoms with Gasteiger partial charge in [0, 0.05) is 12.7 Å².